The second-order valence-corrected chi connectivity index (χ2v) is 7.31. The number of nitrogens with one attached hydrogen (secondary N) is 1. The van der Waals surface area contributed by atoms with Crippen LogP contribution in [0.5, 0.6) is 5.75 Å². The first-order chi connectivity index (χ1) is 14.0. The zero-order valence-electron chi connectivity index (χ0n) is 14.9. The Morgan fingerprint density at radius 2 is 1.76 bits per heavy atom. The molecule has 1 saturated heterocycles. The molecule has 2 aromatic carbocycles. The third-order valence-corrected chi connectivity index (χ3v) is 5.02. The van der Waals surface area contributed by atoms with Crippen molar-refractivity contribution in [2.75, 3.05) is 4.90 Å². The Kier molecular flexibility index (Phi) is 5.58. The number of carbonyl (C=O) groups is 1. The molecule has 1 aliphatic rings. The van der Waals surface area contributed by atoms with Gasteiger partial charge in [-0.15, -0.1) is 0 Å². The summed E-state index contributed by atoms with van der Waals surface area (Å²) in [5.74, 6) is 1.19. The summed E-state index contributed by atoms with van der Waals surface area (Å²) in [4.78, 5) is 14.2. The van der Waals surface area contributed by atoms with Crippen molar-refractivity contribution >= 4 is 58.2 Å². The molecule has 0 atom stereocenters. The number of nitrogens with zero attached hydrogens (tertiary/aromatic N) is 1. The zero-order valence-corrected chi connectivity index (χ0v) is 17.2. The van der Waals surface area contributed by atoms with E-state index in [2.05, 4.69) is 5.32 Å². The number of carbonyl (C=O) groups excluding carboxylic acids is 1. The second kappa shape index (κ2) is 8.29. The van der Waals surface area contributed by atoms with E-state index in [4.69, 9.17) is 44.6 Å². The van der Waals surface area contributed by atoms with Gasteiger partial charge >= 0.3 is 0 Å². The number of thiocarbonyl (C=S) groups is 1. The zero-order chi connectivity index (χ0) is 20.4. The third kappa shape index (κ3) is 4.15. The number of hydrogen-bond donors (Lipinski definition) is 1. The van der Waals surface area contributed by atoms with Crippen LogP contribution in [0.1, 0.15) is 11.5 Å². The average Bonchev–Trinajstić information content (AvgIpc) is 3.26. The molecule has 2 heterocycles. The van der Waals surface area contributed by atoms with Crippen LogP contribution in [0.15, 0.2) is 70.8 Å². The Balaban J connectivity index is 1.48. The molecule has 0 unspecified atom stereocenters. The molecule has 8 heteroatoms. The molecule has 3 aromatic rings. The first-order valence-corrected chi connectivity index (χ1v) is 9.77. The molecular weight excluding hydrogens is 431 g/mol. The van der Waals surface area contributed by atoms with E-state index in [0.717, 1.165) is 0 Å². The summed E-state index contributed by atoms with van der Waals surface area (Å²) < 4.78 is 11.4. The topological polar surface area (TPSA) is 54.7 Å². The minimum Gasteiger partial charge on any atom is -0.483 e. The number of hydrogen-bond acceptors (Lipinski definition) is 4. The van der Waals surface area contributed by atoms with E-state index in [1.807, 2.05) is 30.3 Å². The molecule has 4 rings (SSSR count). The number of halogens is 2. The molecule has 0 saturated carbocycles. The summed E-state index contributed by atoms with van der Waals surface area (Å²) in [5, 5.41) is 4.08. The van der Waals surface area contributed by atoms with Crippen molar-refractivity contribution < 1.29 is 13.9 Å². The first-order valence-electron chi connectivity index (χ1n) is 8.60. The van der Waals surface area contributed by atoms with Crippen LogP contribution < -0.4 is 15.0 Å². The largest absolute Gasteiger partial charge is 0.483 e. The molecule has 1 aliphatic heterocycles. The Morgan fingerprint density at radius 3 is 2.48 bits per heavy atom. The molecule has 1 N–H and O–H groups in total. The minimum atomic E-state index is -0.252. The third-order valence-electron chi connectivity index (χ3n) is 4.14. The van der Waals surface area contributed by atoms with Crippen LogP contribution in [0, 0.1) is 0 Å². The number of furan rings is 1. The smallest absolute Gasteiger partial charge is 0.281 e. The van der Waals surface area contributed by atoms with Gasteiger partial charge in [-0.05, 0) is 48.6 Å². The lowest BCUT2D eigenvalue weighted by Crippen LogP contribution is -2.30. The van der Waals surface area contributed by atoms with Crippen LogP contribution >= 0.6 is 35.4 Å². The number of anilines is 1. The monoisotopic (exact) mass is 444 g/mol. The van der Waals surface area contributed by atoms with E-state index in [1.165, 1.54) is 4.90 Å². The summed E-state index contributed by atoms with van der Waals surface area (Å²) in [7, 11) is 0. The summed E-state index contributed by atoms with van der Waals surface area (Å²) in [6.07, 6.45) is 1.60. The van der Waals surface area contributed by atoms with Crippen LogP contribution in [0.25, 0.3) is 6.08 Å². The van der Waals surface area contributed by atoms with E-state index in [0.29, 0.717) is 43.8 Å². The van der Waals surface area contributed by atoms with Crippen LogP contribution in [0.2, 0.25) is 10.0 Å². The molecule has 0 radical (unpaired) electrons. The predicted octanol–water partition coefficient (Wildman–Crippen LogP) is 5.43. The van der Waals surface area contributed by atoms with E-state index >= 15 is 0 Å². The summed E-state index contributed by atoms with van der Waals surface area (Å²) in [6.45, 7) is 0.141. The van der Waals surface area contributed by atoms with Crippen molar-refractivity contribution in [1.82, 2.24) is 5.32 Å². The van der Waals surface area contributed by atoms with Crippen molar-refractivity contribution in [2.45, 2.75) is 6.61 Å². The molecule has 1 fully saturated rings. The Bertz CT molecular complexity index is 1090. The predicted molar refractivity (Wildman–Crippen MR) is 117 cm³/mol. The quantitative estimate of drug-likeness (QED) is 0.420. The van der Waals surface area contributed by atoms with E-state index in [9.17, 15) is 4.79 Å². The van der Waals surface area contributed by atoms with Gasteiger partial charge in [-0.25, -0.2) is 0 Å². The van der Waals surface area contributed by atoms with Gasteiger partial charge in [0.05, 0.1) is 15.7 Å². The standard InChI is InChI=1S/C21H14Cl2N2O3S/c22-16-7-4-8-17(23)19(16)27-12-15-10-9-14(28-15)11-18-20(26)25(21(29)24-18)13-5-2-1-3-6-13/h1-11H,12H2,(H,24,29)/b18-11+. The fourth-order valence-electron chi connectivity index (χ4n) is 2.80. The SMILES string of the molecule is O=C1/C(=C\c2ccc(COc3c(Cl)cccc3Cl)o2)NC(=S)N1c1ccccc1. The van der Waals surface area contributed by atoms with Crippen molar-refractivity contribution in [3.63, 3.8) is 0 Å². The van der Waals surface area contributed by atoms with Crippen molar-refractivity contribution in [1.29, 1.82) is 0 Å². The highest BCUT2D eigenvalue weighted by Gasteiger charge is 2.32. The van der Waals surface area contributed by atoms with Crippen molar-refractivity contribution in [3.8, 4) is 5.75 Å². The molecule has 29 heavy (non-hydrogen) atoms. The maximum absolute atomic E-state index is 12.7. The normalized spacial score (nSPS) is 15.1. The Hall–Kier alpha value is -2.80. The van der Waals surface area contributed by atoms with Crippen LogP contribution in [0.3, 0.4) is 0 Å². The molecule has 0 spiro atoms. The highest BCUT2D eigenvalue weighted by molar-refractivity contribution is 7.80. The molecule has 0 bridgehead atoms. The lowest BCUT2D eigenvalue weighted by atomic mass is 10.3. The van der Waals surface area contributed by atoms with Gasteiger partial charge in [-0.3, -0.25) is 9.69 Å². The van der Waals surface area contributed by atoms with Crippen LogP contribution in [0.4, 0.5) is 5.69 Å². The summed E-state index contributed by atoms with van der Waals surface area (Å²) in [6, 6.07) is 17.8. The maximum Gasteiger partial charge on any atom is 0.281 e. The van der Waals surface area contributed by atoms with Gasteiger partial charge in [0.25, 0.3) is 5.91 Å². The van der Waals surface area contributed by atoms with Crippen LogP contribution in [-0.4, -0.2) is 11.0 Å². The number of amides is 1. The van der Waals surface area contributed by atoms with E-state index in [1.54, 1.807) is 36.4 Å². The summed E-state index contributed by atoms with van der Waals surface area (Å²) in [5.41, 5.74) is 1.03. The molecular formula is C21H14Cl2N2O3S. The van der Waals surface area contributed by atoms with Crippen molar-refractivity contribution in [2.24, 2.45) is 0 Å². The minimum absolute atomic E-state index is 0.141. The van der Waals surface area contributed by atoms with Gasteiger partial charge in [0.1, 0.15) is 23.8 Å². The van der Waals surface area contributed by atoms with Crippen molar-refractivity contribution in [3.05, 3.63) is 87.9 Å². The molecule has 146 valence electrons. The highest BCUT2D eigenvalue weighted by atomic mass is 35.5. The lowest BCUT2D eigenvalue weighted by Gasteiger charge is -2.13. The van der Waals surface area contributed by atoms with Crippen LogP contribution in [-0.2, 0) is 11.4 Å². The Morgan fingerprint density at radius 1 is 1.03 bits per heavy atom. The number of ether oxygens (including phenoxy) is 1. The van der Waals surface area contributed by atoms with E-state index in [-0.39, 0.29) is 12.5 Å². The van der Waals surface area contributed by atoms with Gasteiger partial charge in [0, 0.05) is 6.08 Å². The first kappa shape index (κ1) is 19.5. The fraction of sp³-hybridized carbons (Fsp3) is 0.0476. The van der Waals surface area contributed by atoms with Gasteiger partial charge in [0.15, 0.2) is 10.9 Å². The molecule has 0 aliphatic carbocycles. The number of benzene rings is 2. The van der Waals surface area contributed by atoms with Gasteiger partial charge in [-0.1, -0.05) is 47.5 Å². The van der Waals surface area contributed by atoms with E-state index < -0.39 is 0 Å². The summed E-state index contributed by atoms with van der Waals surface area (Å²) >= 11 is 17.5. The highest BCUT2D eigenvalue weighted by Crippen LogP contribution is 2.33. The van der Waals surface area contributed by atoms with Gasteiger partial charge < -0.3 is 14.5 Å². The number of para-hydroxylation sites is 2. The fourth-order valence-corrected chi connectivity index (χ4v) is 3.61. The second-order valence-electron chi connectivity index (χ2n) is 6.11. The average molecular weight is 445 g/mol. The molecule has 1 amide bonds. The van der Waals surface area contributed by atoms with Gasteiger partial charge in [-0.2, -0.15) is 0 Å². The maximum atomic E-state index is 12.7. The molecule has 1 aromatic heterocycles. The molecule has 5 nitrogen and oxygen atoms in total. The lowest BCUT2D eigenvalue weighted by molar-refractivity contribution is -0.113. The van der Waals surface area contributed by atoms with Gasteiger partial charge in [0.2, 0.25) is 0 Å². The number of rotatable bonds is 5. The Labute approximate surface area is 182 Å².